The van der Waals surface area contributed by atoms with E-state index >= 15 is 0 Å². The van der Waals surface area contributed by atoms with Crippen molar-refractivity contribution in [3.8, 4) is 0 Å². The van der Waals surface area contributed by atoms with E-state index in [4.69, 9.17) is 4.74 Å². The van der Waals surface area contributed by atoms with E-state index in [1.165, 1.54) is 16.4 Å². The molecule has 2 aromatic carbocycles. The summed E-state index contributed by atoms with van der Waals surface area (Å²) in [6.45, 7) is 5.44. The van der Waals surface area contributed by atoms with Crippen LogP contribution in [0.3, 0.4) is 0 Å². The highest BCUT2D eigenvalue weighted by atomic mass is 32.2. The van der Waals surface area contributed by atoms with Gasteiger partial charge in [0, 0.05) is 13.1 Å². The zero-order valence-electron chi connectivity index (χ0n) is 18.7. The quantitative estimate of drug-likeness (QED) is 0.551. The zero-order valence-corrected chi connectivity index (χ0v) is 19.5. The molecule has 0 saturated heterocycles. The number of carbonyl (C=O) groups excluding carboxylic acids is 2. The lowest BCUT2D eigenvalue weighted by molar-refractivity contribution is -0.125. The average Bonchev–Trinajstić information content (AvgIpc) is 3.62. The van der Waals surface area contributed by atoms with Gasteiger partial charge < -0.3 is 10.1 Å². The van der Waals surface area contributed by atoms with Gasteiger partial charge in [0.1, 0.15) is 0 Å². The van der Waals surface area contributed by atoms with Gasteiger partial charge in [-0.1, -0.05) is 50.2 Å². The smallest absolute Gasteiger partial charge is 0.338 e. The number of benzene rings is 2. The topological polar surface area (TPSA) is 92.8 Å². The van der Waals surface area contributed by atoms with Crippen LogP contribution < -0.4 is 5.32 Å². The van der Waals surface area contributed by atoms with Gasteiger partial charge in [-0.15, -0.1) is 0 Å². The minimum atomic E-state index is -3.71. The Balaban J connectivity index is 1.67. The number of hydrogen-bond donors (Lipinski definition) is 1. The van der Waals surface area contributed by atoms with Crippen molar-refractivity contribution < 1.29 is 22.7 Å². The van der Waals surface area contributed by atoms with E-state index in [2.05, 4.69) is 5.32 Å². The Hall–Kier alpha value is -2.71. The van der Waals surface area contributed by atoms with Gasteiger partial charge in [0.2, 0.25) is 10.0 Å². The molecule has 0 bridgehead atoms. The molecule has 0 heterocycles. The molecular formula is C24H30N2O5S. The van der Waals surface area contributed by atoms with Crippen LogP contribution in [0.4, 0.5) is 0 Å². The van der Waals surface area contributed by atoms with Crippen molar-refractivity contribution in [2.75, 3.05) is 19.7 Å². The van der Waals surface area contributed by atoms with E-state index in [1.807, 2.05) is 30.3 Å². The third kappa shape index (κ3) is 5.55. The Kier molecular flexibility index (Phi) is 7.69. The lowest BCUT2D eigenvalue weighted by atomic mass is 10.0. The van der Waals surface area contributed by atoms with E-state index in [9.17, 15) is 18.0 Å². The average molecular weight is 459 g/mol. The molecule has 1 amide bonds. The summed E-state index contributed by atoms with van der Waals surface area (Å²) < 4.78 is 32.1. The summed E-state index contributed by atoms with van der Waals surface area (Å²) in [5, 5.41) is 2.96. The number of amides is 1. The Morgan fingerprint density at radius 3 is 2.34 bits per heavy atom. The summed E-state index contributed by atoms with van der Waals surface area (Å²) in [5.74, 6) is -0.720. The number of sulfonamides is 1. The highest BCUT2D eigenvalue weighted by Crippen LogP contribution is 2.40. The molecular weight excluding hydrogens is 428 g/mol. The van der Waals surface area contributed by atoms with Gasteiger partial charge >= 0.3 is 5.97 Å². The molecule has 1 N–H and O–H groups in total. The Labute approximate surface area is 189 Å². The molecule has 1 aliphatic rings. The summed E-state index contributed by atoms with van der Waals surface area (Å²) >= 11 is 0. The monoisotopic (exact) mass is 458 g/mol. The van der Waals surface area contributed by atoms with Gasteiger partial charge in [-0.25, -0.2) is 13.2 Å². The van der Waals surface area contributed by atoms with Crippen LogP contribution in [-0.2, 0) is 19.6 Å². The third-order valence-electron chi connectivity index (χ3n) is 5.68. The molecule has 0 radical (unpaired) electrons. The van der Waals surface area contributed by atoms with Crippen molar-refractivity contribution in [2.45, 2.75) is 44.6 Å². The second kappa shape index (κ2) is 10.3. The van der Waals surface area contributed by atoms with Crippen LogP contribution in [0.15, 0.2) is 53.4 Å². The molecule has 2 aromatic rings. The second-order valence-electron chi connectivity index (χ2n) is 7.94. The third-order valence-corrected chi connectivity index (χ3v) is 7.72. The van der Waals surface area contributed by atoms with Crippen molar-refractivity contribution in [1.82, 2.24) is 9.62 Å². The normalized spacial score (nSPS) is 14.8. The van der Waals surface area contributed by atoms with Gasteiger partial charge in [-0.05, 0) is 48.9 Å². The maximum absolute atomic E-state index is 12.8. The maximum atomic E-state index is 12.8. The number of carbonyl (C=O) groups is 2. The first-order valence-electron chi connectivity index (χ1n) is 10.9. The van der Waals surface area contributed by atoms with Gasteiger partial charge in [0.05, 0.1) is 16.5 Å². The molecule has 7 nitrogen and oxygen atoms in total. The Morgan fingerprint density at radius 2 is 1.75 bits per heavy atom. The van der Waals surface area contributed by atoms with Crippen LogP contribution in [0.25, 0.3) is 0 Å². The van der Waals surface area contributed by atoms with Gasteiger partial charge in [-0.2, -0.15) is 4.31 Å². The second-order valence-corrected chi connectivity index (χ2v) is 9.87. The van der Waals surface area contributed by atoms with Crippen LogP contribution in [-0.4, -0.2) is 44.3 Å². The fraction of sp³-hybridized carbons (Fsp3) is 0.417. The van der Waals surface area contributed by atoms with Crippen LogP contribution in [0.1, 0.15) is 54.2 Å². The molecule has 0 aromatic heterocycles. The number of nitrogens with zero attached hydrogens (tertiary/aromatic N) is 1. The first kappa shape index (κ1) is 23.9. The summed E-state index contributed by atoms with van der Waals surface area (Å²) in [4.78, 5) is 25.2. The molecule has 1 saturated carbocycles. The first-order valence-corrected chi connectivity index (χ1v) is 12.3. The number of hydrogen-bond acceptors (Lipinski definition) is 5. The van der Waals surface area contributed by atoms with Crippen LogP contribution in [0, 0.1) is 12.8 Å². The Bertz CT molecular complexity index is 1060. The van der Waals surface area contributed by atoms with Crippen molar-refractivity contribution in [1.29, 1.82) is 0 Å². The predicted octanol–water partition coefficient (Wildman–Crippen LogP) is 3.45. The summed E-state index contributed by atoms with van der Waals surface area (Å²) in [6, 6.07) is 14.0. The fourth-order valence-corrected chi connectivity index (χ4v) is 5.17. The molecule has 32 heavy (non-hydrogen) atoms. The van der Waals surface area contributed by atoms with Gasteiger partial charge in [0.25, 0.3) is 5.91 Å². The molecule has 8 heteroatoms. The summed E-state index contributed by atoms with van der Waals surface area (Å²) in [6.07, 6.45) is 2.10. The summed E-state index contributed by atoms with van der Waals surface area (Å²) in [5.41, 5.74) is 1.74. The Morgan fingerprint density at radius 1 is 1.09 bits per heavy atom. The lowest BCUT2D eigenvalue weighted by Crippen LogP contribution is -2.33. The number of nitrogens with one attached hydrogen (secondary N) is 1. The van der Waals surface area contributed by atoms with E-state index in [-0.39, 0.29) is 22.4 Å². The van der Waals surface area contributed by atoms with Crippen LogP contribution in [0.2, 0.25) is 0 Å². The van der Waals surface area contributed by atoms with E-state index in [0.29, 0.717) is 24.6 Å². The van der Waals surface area contributed by atoms with E-state index in [1.54, 1.807) is 26.8 Å². The summed E-state index contributed by atoms with van der Waals surface area (Å²) in [7, 11) is -3.71. The molecule has 0 spiro atoms. The minimum absolute atomic E-state index is 0.0288. The number of esters is 1. The number of aryl methyl sites for hydroxylation is 1. The van der Waals surface area contributed by atoms with Gasteiger partial charge in [0.15, 0.2) is 6.61 Å². The minimum Gasteiger partial charge on any atom is -0.452 e. The molecule has 172 valence electrons. The molecule has 1 unspecified atom stereocenters. The van der Waals surface area contributed by atoms with Crippen LogP contribution in [0.5, 0.6) is 0 Å². The van der Waals surface area contributed by atoms with Crippen LogP contribution >= 0.6 is 0 Å². The standard InChI is InChI=1S/C24H30N2O5S/c1-4-26(5-2)32(29,30)20-14-11-17(3)21(15-20)24(28)31-16-22(27)25-23(19-12-13-19)18-9-7-6-8-10-18/h6-11,14-15,19,23H,4-5,12-13,16H2,1-3H3,(H,25,27). The highest BCUT2D eigenvalue weighted by molar-refractivity contribution is 7.89. The number of rotatable bonds is 10. The van der Waals surface area contributed by atoms with Crippen molar-refractivity contribution in [3.63, 3.8) is 0 Å². The van der Waals surface area contributed by atoms with Crippen molar-refractivity contribution in [2.24, 2.45) is 5.92 Å². The van der Waals surface area contributed by atoms with Gasteiger partial charge in [-0.3, -0.25) is 4.79 Å². The maximum Gasteiger partial charge on any atom is 0.338 e. The zero-order chi connectivity index (χ0) is 23.3. The molecule has 3 rings (SSSR count). The molecule has 1 atom stereocenters. The number of ether oxygens (including phenoxy) is 1. The SMILES string of the molecule is CCN(CC)S(=O)(=O)c1ccc(C)c(C(=O)OCC(=O)NC(c2ccccc2)C2CC2)c1. The molecule has 1 fully saturated rings. The lowest BCUT2D eigenvalue weighted by Gasteiger charge is -2.20. The molecule has 1 aliphatic carbocycles. The van der Waals surface area contributed by atoms with Crippen molar-refractivity contribution in [3.05, 3.63) is 65.2 Å². The van der Waals surface area contributed by atoms with E-state index in [0.717, 1.165) is 18.4 Å². The predicted molar refractivity (Wildman–Crippen MR) is 122 cm³/mol. The first-order chi connectivity index (χ1) is 15.3. The van der Waals surface area contributed by atoms with Crippen molar-refractivity contribution >= 4 is 21.9 Å². The fourth-order valence-electron chi connectivity index (χ4n) is 3.68. The van der Waals surface area contributed by atoms with E-state index < -0.39 is 22.6 Å². The largest absolute Gasteiger partial charge is 0.452 e. The highest BCUT2D eigenvalue weighted by Gasteiger charge is 2.33. The molecule has 0 aliphatic heterocycles.